The number of fused-ring (bicyclic) bond motifs is 3. The molecule has 3 nitrogen and oxygen atoms in total. The first-order valence-electron chi connectivity index (χ1n) is 7.89. The third kappa shape index (κ3) is 2.20. The molecule has 0 atom stereocenters. The Balaban J connectivity index is 2.07. The topological polar surface area (TPSA) is 38.9 Å². The molecule has 3 aromatic heterocycles. The Morgan fingerprint density at radius 3 is 2.52 bits per heavy atom. The summed E-state index contributed by atoms with van der Waals surface area (Å²) in [6.45, 7) is 6.37. The van der Waals surface area contributed by atoms with Crippen molar-refractivity contribution >= 4 is 22.1 Å². The minimum atomic E-state index is 0.379. The Morgan fingerprint density at radius 1 is 0.957 bits per heavy atom. The predicted octanol–water partition coefficient (Wildman–Crippen LogP) is 5.47. The van der Waals surface area contributed by atoms with Crippen LogP contribution in [-0.4, -0.2) is 9.97 Å². The molecule has 0 bridgehead atoms. The van der Waals surface area contributed by atoms with Crippen molar-refractivity contribution in [3.05, 3.63) is 59.9 Å². The Labute approximate surface area is 135 Å². The molecule has 4 aromatic rings. The zero-order chi connectivity index (χ0) is 16.0. The smallest absolute Gasteiger partial charge is 0.227 e. The fourth-order valence-electron chi connectivity index (χ4n) is 2.98. The van der Waals surface area contributed by atoms with Gasteiger partial charge in [-0.3, -0.25) is 4.98 Å². The lowest BCUT2D eigenvalue weighted by molar-refractivity contribution is 0.648. The maximum Gasteiger partial charge on any atom is 0.227 e. The molecule has 1 aromatic carbocycles. The summed E-state index contributed by atoms with van der Waals surface area (Å²) >= 11 is 0. The number of aryl methyl sites for hydroxylation is 1. The number of pyridine rings is 2. The summed E-state index contributed by atoms with van der Waals surface area (Å²) in [7, 11) is 0. The second kappa shape index (κ2) is 5.20. The van der Waals surface area contributed by atoms with Crippen LogP contribution in [0.5, 0.6) is 0 Å². The number of aromatic nitrogens is 2. The summed E-state index contributed by atoms with van der Waals surface area (Å²) < 4.78 is 6.16. The molecule has 23 heavy (non-hydrogen) atoms. The van der Waals surface area contributed by atoms with Crippen LogP contribution < -0.4 is 0 Å². The number of nitrogens with zero attached hydrogens (tertiary/aromatic N) is 2. The van der Waals surface area contributed by atoms with Crippen molar-refractivity contribution in [2.75, 3.05) is 0 Å². The third-order valence-corrected chi connectivity index (χ3v) is 4.25. The highest BCUT2D eigenvalue weighted by molar-refractivity contribution is 6.08. The van der Waals surface area contributed by atoms with Crippen LogP contribution in [0, 0.1) is 6.92 Å². The van der Waals surface area contributed by atoms with Gasteiger partial charge in [0.25, 0.3) is 0 Å². The molecular formula is C20H18N2O. The maximum absolute atomic E-state index is 6.16. The molecule has 0 saturated carbocycles. The first kappa shape index (κ1) is 13.9. The summed E-state index contributed by atoms with van der Waals surface area (Å²) in [4.78, 5) is 9.18. The molecule has 0 aliphatic carbocycles. The molecule has 0 spiro atoms. The molecule has 4 rings (SSSR count). The lowest BCUT2D eigenvalue weighted by Gasteiger charge is -2.05. The zero-order valence-corrected chi connectivity index (χ0v) is 13.5. The predicted molar refractivity (Wildman–Crippen MR) is 93.6 cm³/mol. The molecular weight excluding hydrogens is 284 g/mol. The number of furan rings is 1. The van der Waals surface area contributed by atoms with Crippen LogP contribution in [0.3, 0.4) is 0 Å². The quantitative estimate of drug-likeness (QED) is 0.492. The number of rotatable bonds is 2. The number of benzene rings is 1. The van der Waals surface area contributed by atoms with Gasteiger partial charge in [-0.05, 0) is 42.7 Å². The van der Waals surface area contributed by atoms with Gasteiger partial charge < -0.3 is 4.42 Å². The molecule has 0 radical (unpaired) electrons. The summed E-state index contributed by atoms with van der Waals surface area (Å²) in [6.07, 6.45) is 1.81. The van der Waals surface area contributed by atoms with E-state index < -0.39 is 0 Å². The first-order chi connectivity index (χ1) is 11.1. The zero-order valence-electron chi connectivity index (χ0n) is 13.5. The minimum absolute atomic E-state index is 0.379. The molecule has 0 N–H and O–H groups in total. The molecule has 3 heterocycles. The summed E-state index contributed by atoms with van der Waals surface area (Å²) in [5, 5.41) is 2.15. The third-order valence-electron chi connectivity index (χ3n) is 4.25. The van der Waals surface area contributed by atoms with Crippen molar-refractivity contribution in [1.29, 1.82) is 0 Å². The molecule has 0 amide bonds. The van der Waals surface area contributed by atoms with Crippen molar-refractivity contribution in [3.8, 4) is 11.3 Å². The Bertz CT molecular complexity index is 1000. The van der Waals surface area contributed by atoms with Crippen LogP contribution in [0.25, 0.3) is 33.3 Å². The van der Waals surface area contributed by atoms with Crippen LogP contribution in [0.4, 0.5) is 0 Å². The van der Waals surface area contributed by atoms with E-state index in [0.29, 0.717) is 11.6 Å². The van der Waals surface area contributed by atoms with Crippen molar-refractivity contribution in [1.82, 2.24) is 9.97 Å². The van der Waals surface area contributed by atoms with E-state index in [1.165, 1.54) is 0 Å². The highest BCUT2D eigenvalue weighted by atomic mass is 16.3. The molecule has 0 unspecified atom stereocenters. The van der Waals surface area contributed by atoms with E-state index in [1.807, 2.05) is 24.4 Å². The van der Waals surface area contributed by atoms with Crippen LogP contribution >= 0.6 is 0 Å². The highest BCUT2D eigenvalue weighted by Crippen LogP contribution is 2.36. The van der Waals surface area contributed by atoms with Crippen LogP contribution in [0.2, 0.25) is 0 Å². The molecule has 3 heteroatoms. The van der Waals surface area contributed by atoms with Gasteiger partial charge in [-0.15, -0.1) is 0 Å². The van der Waals surface area contributed by atoms with E-state index in [0.717, 1.165) is 38.9 Å². The summed E-state index contributed by atoms with van der Waals surface area (Å²) in [6, 6.07) is 14.4. The Kier molecular flexibility index (Phi) is 3.15. The minimum Gasteiger partial charge on any atom is -0.437 e. The first-order valence-corrected chi connectivity index (χ1v) is 7.89. The number of hydrogen-bond acceptors (Lipinski definition) is 3. The van der Waals surface area contributed by atoms with Gasteiger partial charge in [0.15, 0.2) is 0 Å². The molecule has 0 aliphatic rings. The maximum atomic E-state index is 6.16. The second-order valence-electron chi connectivity index (χ2n) is 6.19. The largest absolute Gasteiger partial charge is 0.437 e. The lowest BCUT2D eigenvalue weighted by Crippen LogP contribution is -1.90. The highest BCUT2D eigenvalue weighted by Gasteiger charge is 2.16. The van der Waals surface area contributed by atoms with Crippen LogP contribution in [0.15, 0.2) is 53.1 Å². The van der Waals surface area contributed by atoms with E-state index >= 15 is 0 Å². The van der Waals surface area contributed by atoms with E-state index in [-0.39, 0.29) is 0 Å². The average Bonchev–Trinajstić information content (AvgIpc) is 2.92. The SMILES string of the molecule is Cc1ccc2c(oc3nc(C(C)C)ccc32)c1-c1ccccn1. The van der Waals surface area contributed by atoms with Gasteiger partial charge in [0.1, 0.15) is 5.58 Å². The van der Waals surface area contributed by atoms with E-state index in [9.17, 15) is 0 Å². The van der Waals surface area contributed by atoms with Crippen molar-refractivity contribution in [3.63, 3.8) is 0 Å². The van der Waals surface area contributed by atoms with Crippen molar-refractivity contribution < 1.29 is 4.42 Å². The average molecular weight is 302 g/mol. The van der Waals surface area contributed by atoms with Gasteiger partial charge in [-0.2, -0.15) is 0 Å². The summed E-state index contributed by atoms with van der Waals surface area (Å²) in [5.74, 6) is 0.379. The van der Waals surface area contributed by atoms with Crippen molar-refractivity contribution in [2.24, 2.45) is 0 Å². The lowest BCUT2D eigenvalue weighted by atomic mass is 10.0. The van der Waals surface area contributed by atoms with Gasteiger partial charge in [0.2, 0.25) is 5.71 Å². The van der Waals surface area contributed by atoms with E-state index in [1.54, 1.807) is 0 Å². The molecule has 114 valence electrons. The summed E-state index contributed by atoms with van der Waals surface area (Å²) in [5.41, 5.74) is 5.75. The standard InChI is InChI=1S/C20H18N2O/c1-12(2)16-10-9-15-14-8-7-13(3)18(17-6-4-5-11-21-17)19(14)23-20(15)22-16/h4-12H,1-3H3. The van der Waals surface area contributed by atoms with Gasteiger partial charge in [-0.25, -0.2) is 4.98 Å². The van der Waals surface area contributed by atoms with Gasteiger partial charge >= 0.3 is 0 Å². The van der Waals surface area contributed by atoms with Crippen LogP contribution in [0.1, 0.15) is 31.0 Å². The molecule has 0 fully saturated rings. The second-order valence-corrected chi connectivity index (χ2v) is 6.19. The van der Waals surface area contributed by atoms with Gasteiger partial charge in [0, 0.05) is 28.2 Å². The fraction of sp³-hybridized carbons (Fsp3) is 0.200. The fourth-order valence-corrected chi connectivity index (χ4v) is 2.98. The van der Waals surface area contributed by atoms with E-state index in [4.69, 9.17) is 4.42 Å². The Morgan fingerprint density at radius 2 is 1.78 bits per heavy atom. The van der Waals surface area contributed by atoms with Crippen molar-refractivity contribution in [2.45, 2.75) is 26.7 Å². The van der Waals surface area contributed by atoms with Crippen LogP contribution in [-0.2, 0) is 0 Å². The Hall–Kier alpha value is -2.68. The normalized spacial score (nSPS) is 11.7. The molecule has 0 saturated heterocycles. The number of hydrogen-bond donors (Lipinski definition) is 0. The van der Waals surface area contributed by atoms with E-state index in [2.05, 4.69) is 55.0 Å². The van der Waals surface area contributed by atoms with Gasteiger partial charge in [0.05, 0.1) is 5.69 Å². The van der Waals surface area contributed by atoms with Gasteiger partial charge in [-0.1, -0.05) is 32.0 Å². The monoisotopic (exact) mass is 302 g/mol. The molecule has 0 aliphatic heterocycles.